The average Bonchev–Trinajstić information content (AvgIpc) is 3.42. The third-order valence-corrected chi connectivity index (χ3v) is 8.86. The van der Waals surface area contributed by atoms with E-state index in [0.717, 1.165) is 66.2 Å². The number of hydrogen-bond acceptors (Lipinski definition) is 5. The van der Waals surface area contributed by atoms with E-state index in [2.05, 4.69) is 28.0 Å². The van der Waals surface area contributed by atoms with Gasteiger partial charge in [-0.2, -0.15) is 10.2 Å². The number of aryl methyl sites for hydroxylation is 1. The van der Waals surface area contributed by atoms with Gasteiger partial charge >= 0.3 is 0 Å². The molecule has 2 saturated carbocycles. The van der Waals surface area contributed by atoms with Gasteiger partial charge in [-0.1, -0.05) is 18.2 Å². The number of nitrogens with zero attached hydrogens (tertiary/aromatic N) is 5. The van der Waals surface area contributed by atoms with E-state index in [0.29, 0.717) is 22.2 Å². The van der Waals surface area contributed by atoms with Gasteiger partial charge in [-0.25, -0.2) is 0 Å². The number of aromatic nitrogens is 4. The van der Waals surface area contributed by atoms with Gasteiger partial charge in [0, 0.05) is 65.5 Å². The number of likely N-dealkylation sites (tertiary alicyclic amines) is 1. The molecule has 3 aromatic rings. The van der Waals surface area contributed by atoms with Gasteiger partial charge in [0.1, 0.15) is 5.69 Å². The highest BCUT2D eigenvalue weighted by Gasteiger charge is 2.54. The molecule has 0 atom stereocenters. The molecule has 9 heteroatoms. The zero-order chi connectivity index (χ0) is 26.1. The fraction of sp³-hybridized carbons (Fsp3) is 0.429. The lowest BCUT2D eigenvalue weighted by atomic mass is 9.60. The molecule has 2 aliphatic carbocycles. The molecule has 1 aliphatic heterocycles. The summed E-state index contributed by atoms with van der Waals surface area (Å²) in [4.78, 5) is 13.8. The molecule has 6 rings (SSSR count). The summed E-state index contributed by atoms with van der Waals surface area (Å²) in [7, 11) is 0. The summed E-state index contributed by atoms with van der Waals surface area (Å²) >= 11 is 6.93. The average molecular weight is 518 g/mol. The predicted molar refractivity (Wildman–Crippen MR) is 146 cm³/mol. The first-order valence-electron chi connectivity index (χ1n) is 12.9. The molecular weight excluding hydrogens is 486 g/mol. The number of benzene rings is 1. The summed E-state index contributed by atoms with van der Waals surface area (Å²) in [6.07, 6.45) is 8.91. The smallest absolute Gasteiger partial charge is 0.245 e. The molecular formula is C28H32ClN7O. The molecule has 1 saturated heterocycles. The summed E-state index contributed by atoms with van der Waals surface area (Å²) < 4.78 is 4.18. The highest BCUT2D eigenvalue weighted by molar-refractivity contribution is 6.35. The van der Waals surface area contributed by atoms with E-state index < -0.39 is 0 Å². The van der Waals surface area contributed by atoms with Crippen LogP contribution in [0, 0.1) is 30.6 Å². The minimum Gasteiger partial charge on any atom is -0.398 e. The normalized spacial score (nSPS) is 18.5. The van der Waals surface area contributed by atoms with Gasteiger partial charge in [-0.15, -0.1) is 0 Å². The molecule has 1 aromatic carbocycles. The number of halogens is 1. The first-order chi connectivity index (χ1) is 17.7. The second kappa shape index (κ2) is 8.58. The van der Waals surface area contributed by atoms with Crippen molar-refractivity contribution in [3.05, 3.63) is 52.8 Å². The van der Waals surface area contributed by atoms with Crippen LogP contribution in [0.5, 0.6) is 0 Å². The fourth-order valence-electron chi connectivity index (χ4n) is 6.23. The molecule has 1 amide bonds. The molecule has 1 spiro atoms. The van der Waals surface area contributed by atoms with Gasteiger partial charge in [0.15, 0.2) is 0 Å². The molecule has 8 nitrogen and oxygen atoms in total. The van der Waals surface area contributed by atoms with Gasteiger partial charge in [-0.3, -0.25) is 14.2 Å². The third kappa shape index (κ3) is 3.81. The first kappa shape index (κ1) is 24.0. The van der Waals surface area contributed by atoms with Crippen molar-refractivity contribution in [1.82, 2.24) is 24.5 Å². The molecule has 37 heavy (non-hydrogen) atoms. The van der Waals surface area contributed by atoms with Crippen LogP contribution in [-0.4, -0.2) is 49.7 Å². The Morgan fingerprint density at radius 3 is 2.68 bits per heavy atom. The summed E-state index contributed by atoms with van der Waals surface area (Å²) in [5.74, 6) is 0.663. The van der Waals surface area contributed by atoms with E-state index in [9.17, 15) is 4.79 Å². The first-order valence-corrected chi connectivity index (χ1v) is 13.2. The van der Waals surface area contributed by atoms with Gasteiger partial charge in [0.25, 0.3) is 0 Å². The maximum Gasteiger partial charge on any atom is 0.245 e. The Bertz CT molecular complexity index is 1430. The zero-order valence-electron chi connectivity index (χ0n) is 21.3. The highest BCUT2D eigenvalue weighted by Crippen LogP contribution is 2.55. The maximum atomic E-state index is 12.0. The van der Waals surface area contributed by atoms with Crippen molar-refractivity contribution >= 4 is 29.4 Å². The number of rotatable bonds is 7. The largest absolute Gasteiger partial charge is 0.398 e. The second-order valence-corrected chi connectivity index (χ2v) is 11.5. The van der Waals surface area contributed by atoms with E-state index in [-0.39, 0.29) is 17.4 Å². The van der Waals surface area contributed by atoms with Crippen molar-refractivity contribution in [3.8, 4) is 22.5 Å². The van der Waals surface area contributed by atoms with Crippen molar-refractivity contribution in [2.24, 2.45) is 11.3 Å². The molecule has 0 bridgehead atoms. The lowest BCUT2D eigenvalue weighted by molar-refractivity contribution is -0.149. The SMILES string of the molecule is C=CC(=O)N1CC2(CC(n3nc(-c4ccnn4CC4CC4)c(-c4c(Cl)c(C)cc(N)c4C=N)c3C)C2)C1. The summed E-state index contributed by atoms with van der Waals surface area (Å²) in [5.41, 5.74) is 13.0. The van der Waals surface area contributed by atoms with Crippen molar-refractivity contribution in [2.75, 3.05) is 18.8 Å². The second-order valence-electron chi connectivity index (χ2n) is 11.1. The standard InChI is InChI=1S/C28H32ClN7O/c1-4-23(37)34-14-28(15-34)10-19(11-28)36-17(3)24(25-20(12-30)21(31)9-16(2)26(25)29)27(33-36)22-7-8-32-35(22)13-18-5-6-18/h4,7-9,12,18-19,30H,1,5-6,10-11,13-15,31H2,2-3H3. The number of nitrogens with two attached hydrogens (primary N) is 1. The fourth-order valence-corrected chi connectivity index (χ4v) is 6.48. The number of nitrogen functional groups attached to an aromatic ring is 1. The van der Waals surface area contributed by atoms with Crippen LogP contribution in [0.3, 0.4) is 0 Å². The van der Waals surface area contributed by atoms with E-state index in [1.165, 1.54) is 25.1 Å². The summed E-state index contributed by atoms with van der Waals surface area (Å²) in [6.45, 7) is 10.1. The van der Waals surface area contributed by atoms with E-state index in [4.69, 9.17) is 27.8 Å². The van der Waals surface area contributed by atoms with Crippen LogP contribution in [0.1, 0.15) is 48.5 Å². The van der Waals surface area contributed by atoms with E-state index in [1.54, 1.807) is 0 Å². The van der Waals surface area contributed by atoms with Gasteiger partial charge in [0.2, 0.25) is 5.91 Å². The lowest BCUT2D eigenvalue weighted by Crippen LogP contribution is -2.63. The third-order valence-electron chi connectivity index (χ3n) is 8.37. The Hall–Kier alpha value is -3.39. The van der Waals surface area contributed by atoms with Gasteiger partial charge < -0.3 is 16.0 Å². The van der Waals surface area contributed by atoms with Crippen molar-refractivity contribution < 1.29 is 4.79 Å². The Labute approximate surface area is 221 Å². The minimum absolute atomic E-state index is 0.00342. The number of carbonyl (C=O) groups is 1. The van der Waals surface area contributed by atoms with Gasteiger partial charge in [-0.05, 0) is 69.2 Å². The van der Waals surface area contributed by atoms with Gasteiger partial charge in [0.05, 0.1) is 16.8 Å². The van der Waals surface area contributed by atoms with Crippen molar-refractivity contribution in [1.29, 1.82) is 5.41 Å². The van der Waals surface area contributed by atoms with Crippen LogP contribution >= 0.6 is 11.6 Å². The Morgan fingerprint density at radius 2 is 2.03 bits per heavy atom. The molecule has 2 aromatic heterocycles. The zero-order valence-corrected chi connectivity index (χ0v) is 22.1. The van der Waals surface area contributed by atoms with Crippen LogP contribution in [0.15, 0.2) is 31.0 Å². The van der Waals surface area contributed by atoms with E-state index >= 15 is 0 Å². The molecule has 192 valence electrons. The molecule has 0 unspecified atom stereocenters. The summed E-state index contributed by atoms with van der Waals surface area (Å²) in [5, 5.41) is 18.6. The lowest BCUT2D eigenvalue weighted by Gasteiger charge is -2.58. The predicted octanol–water partition coefficient (Wildman–Crippen LogP) is 5.02. The molecule has 3 aliphatic rings. The number of hydrogen-bond donors (Lipinski definition) is 2. The molecule has 3 N–H and O–H groups in total. The van der Waals surface area contributed by atoms with Crippen LogP contribution in [0.4, 0.5) is 5.69 Å². The van der Waals surface area contributed by atoms with Crippen LogP contribution in [-0.2, 0) is 11.3 Å². The monoisotopic (exact) mass is 517 g/mol. The summed E-state index contributed by atoms with van der Waals surface area (Å²) in [6, 6.07) is 4.07. The molecule has 3 heterocycles. The number of anilines is 1. The number of carbonyl (C=O) groups excluding carboxylic acids is 1. The Balaban J connectivity index is 1.44. The van der Waals surface area contributed by atoms with Crippen molar-refractivity contribution in [3.63, 3.8) is 0 Å². The topological polar surface area (TPSA) is 106 Å². The quantitative estimate of drug-likeness (QED) is 0.260. The van der Waals surface area contributed by atoms with Crippen LogP contribution in [0.2, 0.25) is 5.02 Å². The Kier molecular flexibility index (Phi) is 5.56. The number of nitrogens with one attached hydrogen (secondary N) is 1. The Morgan fingerprint density at radius 1 is 1.30 bits per heavy atom. The highest BCUT2D eigenvalue weighted by atomic mass is 35.5. The van der Waals surface area contributed by atoms with Crippen LogP contribution in [0.25, 0.3) is 22.5 Å². The molecule has 3 fully saturated rings. The van der Waals surface area contributed by atoms with Crippen molar-refractivity contribution in [2.45, 2.75) is 52.1 Å². The number of amides is 1. The molecule has 0 radical (unpaired) electrons. The van der Waals surface area contributed by atoms with Crippen LogP contribution < -0.4 is 5.73 Å². The van der Waals surface area contributed by atoms with E-state index in [1.807, 2.05) is 30.2 Å². The minimum atomic E-state index is 0.00342. The maximum absolute atomic E-state index is 12.0.